The molecule has 5 rings (SSSR count). The smallest absolute Gasteiger partial charge is 0.338 e. The van der Waals surface area contributed by atoms with E-state index < -0.39 is 5.97 Å². The molecule has 0 atom stereocenters. The summed E-state index contributed by atoms with van der Waals surface area (Å²) < 4.78 is 7.14. The Hall–Kier alpha value is -3.25. The maximum atomic E-state index is 12.6. The number of carbonyl (C=O) groups excluding carboxylic acids is 1. The van der Waals surface area contributed by atoms with E-state index in [1.165, 1.54) is 10.9 Å². The van der Waals surface area contributed by atoms with E-state index in [1.54, 1.807) is 27.9 Å². The van der Waals surface area contributed by atoms with Gasteiger partial charge >= 0.3 is 5.97 Å². The molecule has 0 radical (unpaired) electrons. The highest BCUT2D eigenvalue weighted by molar-refractivity contribution is 7.17. The van der Waals surface area contributed by atoms with E-state index in [0.717, 1.165) is 42.5 Å². The van der Waals surface area contributed by atoms with Crippen molar-refractivity contribution in [3.63, 3.8) is 0 Å². The van der Waals surface area contributed by atoms with Crippen molar-refractivity contribution in [3.05, 3.63) is 92.8 Å². The number of hydrogen-bond acceptors (Lipinski definition) is 5. The van der Waals surface area contributed by atoms with Gasteiger partial charge in [-0.05, 0) is 48.9 Å². The van der Waals surface area contributed by atoms with Gasteiger partial charge in [0, 0.05) is 16.6 Å². The van der Waals surface area contributed by atoms with Crippen LogP contribution in [0.5, 0.6) is 0 Å². The van der Waals surface area contributed by atoms with E-state index in [1.807, 2.05) is 42.5 Å². The summed E-state index contributed by atoms with van der Waals surface area (Å²) in [6.07, 6.45) is 4.19. The number of hydrogen-bond donors (Lipinski definition) is 0. The van der Waals surface area contributed by atoms with E-state index in [0.29, 0.717) is 16.2 Å². The molecule has 5 nitrogen and oxygen atoms in total. The van der Waals surface area contributed by atoms with Crippen LogP contribution < -0.4 is 5.56 Å². The Morgan fingerprint density at radius 1 is 1.00 bits per heavy atom. The average molecular weight is 417 g/mol. The fourth-order valence-corrected chi connectivity index (χ4v) is 5.10. The molecular weight excluding hydrogens is 396 g/mol. The Morgan fingerprint density at radius 3 is 2.53 bits per heavy atom. The SMILES string of the molecule is O=C(OCc1cc(=O)n2c3c(sc2n1)CCCC3)c1ccc(-c2ccccc2)cc1. The molecule has 4 aromatic rings. The third-order valence-corrected chi connectivity index (χ3v) is 6.54. The first kappa shape index (κ1) is 18.8. The molecule has 0 N–H and O–H groups in total. The van der Waals surface area contributed by atoms with Crippen molar-refractivity contribution in [1.29, 1.82) is 0 Å². The molecular formula is C24H20N2O3S. The third kappa shape index (κ3) is 3.55. The highest BCUT2D eigenvalue weighted by atomic mass is 32.1. The Labute approximate surface area is 177 Å². The number of nitrogens with zero attached hydrogens (tertiary/aromatic N) is 2. The number of rotatable bonds is 4. The fourth-order valence-electron chi connectivity index (χ4n) is 3.87. The maximum absolute atomic E-state index is 12.6. The van der Waals surface area contributed by atoms with Gasteiger partial charge in [-0.1, -0.05) is 42.5 Å². The van der Waals surface area contributed by atoms with Gasteiger partial charge in [0.1, 0.15) is 6.61 Å². The Kier molecular flexibility index (Phi) is 4.93. The largest absolute Gasteiger partial charge is 0.456 e. The van der Waals surface area contributed by atoms with Crippen molar-refractivity contribution in [2.75, 3.05) is 0 Å². The quantitative estimate of drug-likeness (QED) is 0.454. The van der Waals surface area contributed by atoms with Crippen LogP contribution in [0.1, 0.15) is 39.5 Å². The lowest BCUT2D eigenvalue weighted by Crippen LogP contribution is -2.18. The van der Waals surface area contributed by atoms with Crippen molar-refractivity contribution < 1.29 is 9.53 Å². The summed E-state index contributed by atoms with van der Waals surface area (Å²) in [5, 5.41) is 0. The van der Waals surface area contributed by atoms with Crippen LogP contribution in [-0.2, 0) is 24.2 Å². The second-order valence-corrected chi connectivity index (χ2v) is 8.46. The summed E-state index contributed by atoms with van der Waals surface area (Å²) >= 11 is 1.57. The zero-order valence-electron chi connectivity index (χ0n) is 16.3. The third-order valence-electron chi connectivity index (χ3n) is 5.39. The van der Waals surface area contributed by atoms with Crippen LogP contribution in [0.3, 0.4) is 0 Å². The average Bonchev–Trinajstić information content (AvgIpc) is 3.17. The highest BCUT2D eigenvalue weighted by Gasteiger charge is 2.19. The minimum atomic E-state index is -0.429. The van der Waals surface area contributed by atoms with E-state index in [9.17, 15) is 9.59 Å². The normalized spacial score (nSPS) is 13.2. The number of benzene rings is 2. The number of carbonyl (C=O) groups is 1. The van der Waals surface area contributed by atoms with Crippen LogP contribution in [0.4, 0.5) is 0 Å². The molecule has 2 aromatic carbocycles. The van der Waals surface area contributed by atoms with Crippen molar-refractivity contribution in [1.82, 2.24) is 9.38 Å². The highest BCUT2D eigenvalue weighted by Crippen LogP contribution is 2.28. The fraction of sp³-hybridized carbons (Fsp3) is 0.208. The molecule has 150 valence electrons. The number of ether oxygens (including phenoxy) is 1. The lowest BCUT2D eigenvalue weighted by molar-refractivity contribution is 0.0468. The van der Waals surface area contributed by atoms with Crippen molar-refractivity contribution in [3.8, 4) is 11.1 Å². The molecule has 0 fully saturated rings. The summed E-state index contributed by atoms with van der Waals surface area (Å²) in [6.45, 7) is -0.0203. The lowest BCUT2D eigenvalue weighted by Gasteiger charge is -2.10. The summed E-state index contributed by atoms with van der Waals surface area (Å²) in [4.78, 5) is 31.6. The molecule has 0 bridgehead atoms. The van der Waals surface area contributed by atoms with Crippen molar-refractivity contribution in [2.24, 2.45) is 0 Å². The van der Waals surface area contributed by atoms with E-state index >= 15 is 0 Å². The molecule has 0 saturated carbocycles. The molecule has 1 aliphatic carbocycles. The van der Waals surface area contributed by atoms with Gasteiger partial charge in [-0.2, -0.15) is 0 Å². The van der Waals surface area contributed by atoms with Gasteiger partial charge in [0.15, 0.2) is 4.96 Å². The minimum Gasteiger partial charge on any atom is -0.456 e. The zero-order chi connectivity index (χ0) is 20.5. The molecule has 0 saturated heterocycles. The standard InChI is InChI=1S/C24H20N2O3S/c27-22-14-19(25-24-26(22)20-8-4-5-9-21(20)30-24)15-29-23(28)18-12-10-17(11-13-18)16-6-2-1-3-7-16/h1-3,6-7,10-14H,4-5,8-9,15H2. The van der Waals surface area contributed by atoms with Gasteiger partial charge in [-0.15, -0.1) is 11.3 Å². The number of thiazole rings is 1. The summed E-state index contributed by atoms with van der Waals surface area (Å²) in [6, 6.07) is 18.8. The molecule has 2 aromatic heterocycles. The molecule has 6 heteroatoms. The van der Waals surface area contributed by atoms with Crippen molar-refractivity contribution >= 4 is 22.3 Å². The van der Waals surface area contributed by atoms with Crippen LogP contribution in [0.15, 0.2) is 65.5 Å². The first-order valence-electron chi connectivity index (χ1n) is 10.0. The van der Waals surface area contributed by atoms with Crippen LogP contribution >= 0.6 is 11.3 Å². The molecule has 1 aliphatic rings. The van der Waals surface area contributed by atoms with Gasteiger partial charge in [-0.25, -0.2) is 9.78 Å². The lowest BCUT2D eigenvalue weighted by atomic mass is 10.0. The molecule has 0 aliphatic heterocycles. The minimum absolute atomic E-state index is 0.0203. The summed E-state index contributed by atoms with van der Waals surface area (Å²) in [7, 11) is 0. The van der Waals surface area contributed by atoms with Crippen LogP contribution in [0.2, 0.25) is 0 Å². The number of aryl methyl sites for hydroxylation is 2. The molecule has 2 heterocycles. The number of aromatic nitrogens is 2. The van der Waals surface area contributed by atoms with Gasteiger partial charge in [0.25, 0.3) is 5.56 Å². The number of fused-ring (bicyclic) bond motifs is 3. The zero-order valence-corrected chi connectivity index (χ0v) is 17.2. The maximum Gasteiger partial charge on any atom is 0.338 e. The van der Waals surface area contributed by atoms with Gasteiger partial charge < -0.3 is 4.74 Å². The van der Waals surface area contributed by atoms with E-state index in [4.69, 9.17) is 4.74 Å². The topological polar surface area (TPSA) is 60.7 Å². The summed E-state index contributed by atoms with van der Waals surface area (Å²) in [5.41, 5.74) is 4.08. The second-order valence-electron chi connectivity index (χ2n) is 7.40. The van der Waals surface area contributed by atoms with Gasteiger partial charge in [0.05, 0.1) is 11.3 Å². The molecule has 0 unspecified atom stereocenters. The van der Waals surface area contributed by atoms with Crippen LogP contribution in [0, 0.1) is 0 Å². The predicted molar refractivity (Wildman–Crippen MR) is 117 cm³/mol. The summed E-state index contributed by atoms with van der Waals surface area (Å²) in [5.74, 6) is -0.429. The van der Waals surface area contributed by atoms with Gasteiger partial charge in [0.2, 0.25) is 0 Å². The first-order chi connectivity index (χ1) is 14.7. The van der Waals surface area contributed by atoms with Crippen molar-refractivity contribution in [2.45, 2.75) is 32.3 Å². The Balaban J connectivity index is 1.31. The van der Waals surface area contributed by atoms with Crippen LogP contribution in [0.25, 0.3) is 16.1 Å². The molecule has 30 heavy (non-hydrogen) atoms. The second kappa shape index (κ2) is 7.88. The monoisotopic (exact) mass is 416 g/mol. The molecule has 0 spiro atoms. The van der Waals surface area contributed by atoms with E-state index in [-0.39, 0.29) is 12.2 Å². The first-order valence-corrected chi connectivity index (χ1v) is 10.9. The Bertz CT molecular complexity index is 1270. The molecule has 0 amide bonds. The van der Waals surface area contributed by atoms with Gasteiger partial charge in [-0.3, -0.25) is 9.20 Å². The van der Waals surface area contributed by atoms with E-state index in [2.05, 4.69) is 4.98 Å². The number of esters is 1. The predicted octanol–water partition coefficient (Wildman–Crippen LogP) is 4.66. The Morgan fingerprint density at radius 2 is 1.73 bits per heavy atom. The van der Waals surface area contributed by atoms with Crippen LogP contribution in [-0.4, -0.2) is 15.4 Å².